The van der Waals surface area contributed by atoms with E-state index in [0.717, 1.165) is 5.69 Å². The fraction of sp³-hybridized carbons (Fsp3) is 0.316. The van der Waals surface area contributed by atoms with E-state index in [9.17, 15) is 9.59 Å². The fourth-order valence-electron chi connectivity index (χ4n) is 2.99. The van der Waals surface area contributed by atoms with Gasteiger partial charge in [-0.2, -0.15) is 4.98 Å². The Bertz CT molecular complexity index is 998. The van der Waals surface area contributed by atoms with E-state index in [-0.39, 0.29) is 11.7 Å². The van der Waals surface area contributed by atoms with Gasteiger partial charge in [-0.25, -0.2) is 14.3 Å². The standard InChI is InChI=1S/C19H19N5O4/c1-13-7-8-20-19-21-16(22-24(13)19)18(26)28-15(14-5-3-2-4-6-14)17(25)23-9-11-27-12-10-23/h2-8,15H,9-12H2,1H3. The molecule has 9 nitrogen and oxygen atoms in total. The van der Waals surface area contributed by atoms with E-state index in [0.29, 0.717) is 37.6 Å². The lowest BCUT2D eigenvalue weighted by molar-refractivity contribution is -0.145. The first-order valence-corrected chi connectivity index (χ1v) is 8.94. The maximum Gasteiger partial charge on any atom is 0.379 e. The van der Waals surface area contributed by atoms with Gasteiger partial charge in [-0.3, -0.25) is 4.79 Å². The molecule has 0 spiro atoms. The zero-order chi connectivity index (χ0) is 19.5. The summed E-state index contributed by atoms with van der Waals surface area (Å²) in [7, 11) is 0. The molecule has 0 bridgehead atoms. The highest BCUT2D eigenvalue weighted by atomic mass is 16.5. The molecule has 4 rings (SSSR count). The zero-order valence-corrected chi connectivity index (χ0v) is 15.3. The van der Waals surface area contributed by atoms with Crippen LogP contribution < -0.4 is 0 Å². The molecule has 1 atom stereocenters. The average Bonchev–Trinajstić information content (AvgIpc) is 3.19. The molecule has 144 valence electrons. The molecule has 3 aromatic rings. The highest BCUT2D eigenvalue weighted by Crippen LogP contribution is 2.22. The summed E-state index contributed by atoms with van der Waals surface area (Å²) in [6.45, 7) is 3.65. The summed E-state index contributed by atoms with van der Waals surface area (Å²) in [6, 6.07) is 10.7. The highest BCUT2D eigenvalue weighted by Gasteiger charge is 2.32. The van der Waals surface area contributed by atoms with Crippen LogP contribution in [0.15, 0.2) is 42.6 Å². The molecule has 28 heavy (non-hydrogen) atoms. The molecule has 1 amide bonds. The van der Waals surface area contributed by atoms with Crippen LogP contribution in [0.5, 0.6) is 0 Å². The van der Waals surface area contributed by atoms with Gasteiger partial charge in [-0.05, 0) is 13.0 Å². The molecule has 1 unspecified atom stereocenters. The number of rotatable bonds is 4. The molecular formula is C19H19N5O4. The number of morpholine rings is 1. The predicted octanol–water partition coefficient (Wildman–Crippen LogP) is 1.19. The zero-order valence-electron chi connectivity index (χ0n) is 15.3. The summed E-state index contributed by atoms with van der Waals surface area (Å²) >= 11 is 0. The number of carbonyl (C=O) groups is 2. The van der Waals surface area contributed by atoms with Crippen LogP contribution in [0.1, 0.15) is 28.0 Å². The minimum absolute atomic E-state index is 0.141. The first kappa shape index (κ1) is 18.1. The normalized spacial score (nSPS) is 15.4. The largest absolute Gasteiger partial charge is 0.441 e. The van der Waals surface area contributed by atoms with E-state index >= 15 is 0 Å². The number of aromatic nitrogens is 4. The smallest absolute Gasteiger partial charge is 0.379 e. The molecule has 0 N–H and O–H groups in total. The van der Waals surface area contributed by atoms with E-state index in [2.05, 4.69) is 15.1 Å². The van der Waals surface area contributed by atoms with Crippen molar-refractivity contribution in [3.05, 3.63) is 59.7 Å². The number of esters is 1. The first-order chi connectivity index (χ1) is 13.6. The fourth-order valence-corrected chi connectivity index (χ4v) is 2.99. The molecule has 9 heteroatoms. The van der Waals surface area contributed by atoms with Crippen LogP contribution in [0, 0.1) is 6.92 Å². The Hall–Kier alpha value is -3.33. The van der Waals surface area contributed by atoms with E-state index in [1.165, 1.54) is 4.52 Å². The van der Waals surface area contributed by atoms with Gasteiger partial charge in [0.1, 0.15) is 0 Å². The number of carbonyl (C=O) groups excluding carboxylic acids is 2. The van der Waals surface area contributed by atoms with Crippen molar-refractivity contribution in [3.63, 3.8) is 0 Å². The third kappa shape index (κ3) is 3.56. The molecule has 2 aromatic heterocycles. The lowest BCUT2D eigenvalue weighted by atomic mass is 10.1. The van der Waals surface area contributed by atoms with Gasteiger partial charge in [0.05, 0.1) is 13.2 Å². The molecule has 1 aliphatic heterocycles. The minimum atomic E-state index is -1.08. The Morgan fingerprint density at radius 3 is 2.61 bits per heavy atom. The lowest BCUT2D eigenvalue weighted by Gasteiger charge is -2.30. The van der Waals surface area contributed by atoms with Crippen molar-refractivity contribution in [1.29, 1.82) is 0 Å². The summed E-state index contributed by atoms with van der Waals surface area (Å²) in [6.07, 6.45) is 0.510. The van der Waals surface area contributed by atoms with Crippen LogP contribution in [-0.2, 0) is 14.3 Å². The monoisotopic (exact) mass is 381 g/mol. The Labute approximate surface area is 160 Å². The first-order valence-electron chi connectivity index (χ1n) is 8.94. The van der Waals surface area contributed by atoms with Gasteiger partial charge in [-0.1, -0.05) is 30.3 Å². The second-order valence-corrected chi connectivity index (χ2v) is 6.37. The number of ether oxygens (including phenoxy) is 2. The number of fused-ring (bicyclic) bond motifs is 1. The maximum atomic E-state index is 13.0. The number of aryl methyl sites for hydroxylation is 1. The van der Waals surface area contributed by atoms with Gasteiger partial charge in [0.2, 0.25) is 6.10 Å². The van der Waals surface area contributed by atoms with E-state index in [4.69, 9.17) is 9.47 Å². The van der Waals surface area contributed by atoms with Crippen molar-refractivity contribution >= 4 is 17.7 Å². The summed E-state index contributed by atoms with van der Waals surface area (Å²) < 4.78 is 12.3. The predicted molar refractivity (Wildman–Crippen MR) is 97.5 cm³/mol. The van der Waals surface area contributed by atoms with Crippen LogP contribution in [0.4, 0.5) is 0 Å². The summed E-state index contributed by atoms with van der Waals surface area (Å²) in [4.78, 5) is 35.6. The van der Waals surface area contributed by atoms with Gasteiger partial charge in [-0.15, -0.1) is 5.10 Å². The Morgan fingerprint density at radius 1 is 1.14 bits per heavy atom. The van der Waals surface area contributed by atoms with Crippen molar-refractivity contribution in [2.45, 2.75) is 13.0 Å². The van der Waals surface area contributed by atoms with Gasteiger partial charge in [0.15, 0.2) is 0 Å². The van der Waals surface area contributed by atoms with Crippen LogP contribution in [0.3, 0.4) is 0 Å². The lowest BCUT2D eigenvalue weighted by Crippen LogP contribution is -2.44. The summed E-state index contributed by atoms with van der Waals surface area (Å²) in [5.74, 6) is -0.915. The van der Waals surface area contributed by atoms with Crippen molar-refractivity contribution in [3.8, 4) is 0 Å². The van der Waals surface area contributed by atoms with Crippen molar-refractivity contribution in [2.24, 2.45) is 0 Å². The van der Waals surface area contributed by atoms with Crippen molar-refractivity contribution in [2.75, 3.05) is 26.3 Å². The Kier molecular flexibility index (Phi) is 4.98. The molecule has 0 aliphatic carbocycles. The number of amides is 1. The molecular weight excluding hydrogens is 362 g/mol. The van der Waals surface area contributed by atoms with Gasteiger partial charge in [0, 0.05) is 30.5 Å². The van der Waals surface area contributed by atoms with Crippen LogP contribution >= 0.6 is 0 Å². The minimum Gasteiger partial charge on any atom is -0.441 e. The van der Waals surface area contributed by atoms with Crippen LogP contribution in [-0.4, -0.2) is 62.7 Å². The number of benzene rings is 1. The number of hydrogen-bond acceptors (Lipinski definition) is 7. The van der Waals surface area contributed by atoms with E-state index < -0.39 is 12.1 Å². The van der Waals surface area contributed by atoms with E-state index in [1.807, 2.05) is 13.0 Å². The second kappa shape index (κ2) is 7.73. The van der Waals surface area contributed by atoms with Crippen LogP contribution in [0.25, 0.3) is 5.78 Å². The molecule has 1 fully saturated rings. The molecule has 1 aromatic carbocycles. The van der Waals surface area contributed by atoms with Gasteiger partial charge in [0.25, 0.3) is 17.5 Å². The van der Waals surface area contributed by atoms with E-state index in [1.54, 1.807) is 41.4 Å². The van der Waals surface area contributed by atoms with Crippen molar-refractivity contribution in [1.82, 2.24) is 24.5 Å². The average molecular weight is 381 g/mol. The molecule has 1 saturated heterocycles. The Morgan fingerprint density at radius 2 is 1.89 bits per heavy atom. The molecule has 0 saturated carbocycles. The third-order valence-electron chi connectivity index (χ3n) is 4.49. The number of nitrogens with zero attached hydrogens (tertiary/aromatic N) is 5. The highest BCUT2D eigenvalue weighted by molar-refractivity contribution is 5.90. The maximum absolute atomic E-state index is 13.0. The third-order valence-corrected chi connectivity index (χ3v) is 4.49. The quantitative estimate of drug-likeness (QED) is 0.626. The molecule has 1 aliphatic rings. The topological polar surface area (TPSA) is 98.9 Å². The summed E-state index contributed by atoms with van der Waals surface area (Å²) in [5, 5.41) is 4.15. The SMILES string of the molecule is Cc1ccnc2nc(C(=O)OC(C(=O)N3CCOCC3)c3ccccc3)nn12. The number of hydrogen-bond donors (Lipinski definition) is 0. The van der Waals surface area contributed by atoms with Gasteiger partial charge >= 0.3 is 5.97 Å². The summed E-state index contributed by atoms with van der Waals surface area (Å²) in [5.41, 5.74) is 1.37. The second-order valence-electron chi connectivity index (χ2n) is 6.37. The Balaban J connectivity index is 1.61. The molecule has 3 heterocycles. The van der Waals surface area contributed by atoms with Gasteiger partial charge < -0.3 is 14.4 Å². The van der Waals surface area contributed by atoms with Crippen molar-refractivity contribution < 1.29 is 19.1 Å². The molecule has 0 radical (unpaired) electrons. The van der Waals surface area contributed by atoms with Crippen LogP contribution in [0.2, 0.25) is 0 Å².